The van der Waals surface area contributed by atoms with E-state index in [0.29, 0.717) is 6.54 Å². The summed E-state index contributed by atoms with van der Waals surface area (Å²) in [6.07, 6.45) is 2.03. The van der Waals surface area contributed by atoms with Crippen molar-refractivity contribution in [3.05, 3.63) is 29.3 Å². The number of hydrogen-bond acceptors (Lipinski definition) is 3. The topological polar surface area (TPSA) is 55.1 Å². The molecular formula is C12H19ClN2OS. The number of benzene rings is 1. The van der Waals surface area contributed by atoms with Gasteiger partial charge in [0.15, 0.2) is 0 Å². The second-order valence-corrected chi connectivity index (χ2v) is 4.67. The highest BCUT2D eigenvalue weighted by atomic mass is 35.5. The molecule has 1 aromatic rings. The van der Waals surface area contributed by atoms with Gasteiger partial charge in [-0.1, -0.05) is 12.1 Å². The van der Waals surface area contributed by atoms with Crippen molar-refractivity contribution in [3.63, 3.8) is 0 Å². The number of nitrogens with two attached hydrogens (primary N) is 1. The van der Waals surface area contributed by atoms with Gasteiger partial charge in [0.1, 0.15) is 0 Å². The molecule has 0 bridgehead atoms. The molecule has 96 valence electrons. The summed E-state index contributed by atoms with van der Waals surface area (Å²) in [5.74, 6) is -0.118. The number of aryl methyl sites for hydroxylation is 1. The van der Waals surface area contributed by atoms with Crippen molar-refractivity contribution in [1.82, 2.24) is 5.32 Å². The van der Waals surface area contributed by atoms with E-state index >= 15 is 0 Å². The average molecular weight is 275 g/mol. The van der Waals surface area contributed by atoms with Gasteiger partial charge in [-0.05, 0) is 37.3 Å². The van der Waals surface area contributed by atoms with Gasteiger partial charge in [-0.2, -0.15) is 0 Å². The van der Waals surface area contributed by atoms with Gasteiger partial charge in [0.05, 0.1) is 6.04 Å². The van der Waals surface area contributed by atoms with E-state index in [2.05, 4.69) is 18.3 Å². The average Bonchev–Trinajstić information content (AvgIpc) is 2.26. The largest absolute Gasteiger partial charge is 0.351 e. The predicted molar refractivity (Wildman–Crippen MR) is 75.7 cm³/mol. The SMILES string of the molecule is CSc1cc(C)ccc1CNC(=O)[C@@H](C)N.Cl. The number of amides is 1. The Morgan fingerprint density at radius 1 is 1.53 bits per heavy atom. The Kier molecular flexibility index (Phi) is 7.27. The van der Waals surface area contributed by atoms with Crippen LogP contribution in [0.1, 0.15) is 18.1 Å². The van der Waals surface area contributed by atoms with Gasteiger partial charge < -0.3 is 11.1 Å². The quantitative estimate of drug-likeness (QED) is 0.827. The molecule has 0 aromatic heterocycles. The summed E-state index contributed by atoms with van der Waals surface area (Å²) in [6, 6.07) is 5.76. The predicted octanol–water partition coefficient (Wildman–Crippen LogP) is 2.10. The fourth-order valence-electron chi connectivity index (χ4n) is 1.34. The molecule has 1 atom stereocenters. The van der Waals surface area contributed by atoms with Gasteiger partial charge in [-0.15, -0.1) is 24.2 Å². The van der Waals surface area contributed by atoms with Crippen molar-refractivity contribution in [2.24, 2.45) is 5.73 Å². The molecule has 0 heterocycles. The minimum absolute atomic E-state index is 0. The van der Waals surface area contributed by atoms with Crippen LogP contribution in [0.5, 0.6) is 0 Å². The zero-order chi connectivity index (χ0) is 12.1. The van der Waals surface area contributed by atoms with Crippen molar-refractivity contribution in [1.29, 1.82) is 0 Å². The summed E-state index contributed by atoms with van der Waals surface area (Å²) in [4.78, 5) is 12.5. The summed E-state index contributed by atoms with van der Waals surface area (Å²) < 4.78 is 0. The maximum absolute atomic E-state index is 11.3. The van der Waals surface area contributed by atoms with E-state index < -0.39 is 6.04 Å². The van der Waals surface area contributed by atoms with E-state index in [1.165, 1.54) is 10.5 Å². The minimum Gasteiger partial charge on any atom is -0.351 e. The van der Waals surface area contributed by atoms with E-state index in [9.17, 15) is 4.79 Å². The summed E-state index contributed by atoms with van der Waals surface area (Å²) >= 11 is 1.69. The molecule has 0 saturated carbocycles. The lowest BCUT2D eigenvalue weighted by atomic mass is 10.1. The Balaban J connectivity index is 0.00000256. The first-order valence-electron chi connectivity index (χ1n) is 5.21. The molecule has 1 aromatic carbocycles. The number of nitrogens with one attached hydrogen (secondary N) is 1. The van der Waals surface area contributed by atoms with Crippen LogP contribution in [0.3, 0.4) is 0 Å². The van der Waals surface area contributed by atoms with Crippen LogP contribution >= 0.6 is 24.2 Å². The van der Waals surface area contributed by atoms with Crippen LogP contribution in [-0.4, -0.2) is 18.2 Å². The Morgan fingerprint density at radius 2 is 2.18 bits per heavy atom. The smallest absolute Gasteiger partial charge is 0.236 e. The standard InChI is InChI=1S/C12H18N2OS.ClH/c1-8-4-5-10(11(6-8)16-3)7-14-12(15)9(2)13;/h4-6,9H,7,13H2,1-3H3,(H,14,15);1H/t9-;/m1./s1. The fraction of sp³-hybridized carbons (Fsp3) is 0.417. The first-order chi connectivity index (χ1) is 7.54. The number of rotatable bonds is 4. The van der Waals surface area contributed by atoms with Crippen LogP contribution < -0.4 is 11.1 Å². The van der Waals surface area contributed by atoms with Gasteiger partial charge in [0, 0.05) is 11.4 Å². The highest BCUT2D eigenvalue weighted by molar-refractivity contribution is 7.98. The summed E-state index contributed by atoms with van der Waals surface area (Å²) in [5, 5.41) is 2.82. The second-order valence-electron chi connectivity index (χ2n) is 3.82. The molecule has 0 aliphatic heterocycles. The lowest BCUT2D eigenvalue weighted by Gasteiger charge is -2.11. The molecule has 0 aliphatic carbocycles. The minimum atomic E-state index is -0.455. The second kappa shape index (κ2) is 7.58. The Morgan fingerprint density at radius 3 is 2.71 bits per heavy atom. The van der Waals surface area contributed by atoms with Crippen molar-refractivity contribution in [2.45, 2.75) is 31.3 Å². The normalized spacial score (nSPS) is 11.5. The van der Waals surface area contributed by atoms with E-state index in [0.717, 1.165) is 5.56 Å². The Hall–Kier alpha value is -0.710. The molecule has 0 spiro atoms. The molecule has 0 radical (unpaired) electrons. The lowest BCUT2D eigenvalue weighted by molar-refractivity contribution is -0.122. The molecule has 0 unspecified atom stereocenters. The van der Waals surface area contributed by atoms with Crippen LogP contribution in [-0.2, 0) is 11.3 Å². The van der Waals surface area contributed by atoms with Crippen LogP contribution in [0.15, 0.2) is 23.1 Å². The van der Waals surface area contributed by atoms with Crippen molar-refractivity contribution in [2.75, 3.05) is 6.26 Å². The van der Waals surface area contributed by atoms with Crippen molar-refractivity contribution in [3.8, 4) is 0 Å². The molecule has 0 saturated heterocycles. The lowest BCUT2D eigenvalue weighted by Crippen LogP contribution is -2.37. The van der Waals surface area contributed by atoms with E-state index in [1.54, 1.807) is 18.7 Å². The molecule has 5 heteroatoms. The van der Waals surface area contributed by atoms with E-state index in [4.69, 9.17) is 5.73 Å². The maximum Gasteiger partial charge on any atom is 0.236 e. The number of thioether (sulfide) groups is 1. The van der Waals surface area contributed by atoms with Gasteiger partial charge in [-0.25, -0.2) is 0 Å². The summed E-state index contributed by atoms with van der Waals surface area (Å²) in [7, 11) is 0. The van der Waals surface area contributed by atoms with Gasteiger partial charge in [0.25, 0.3) is 0 Å². The molecule has 0 fully saturated rings. The van der Waals surface area contributed by atoms with Gasteiger partial charge in [0.2, 0.25) is 5.91 Å². The van der Waals surface area contributed by atoms with Gasteiger partial charge >= 0.3 is 0 Å². The highest BCUT2D eigenvalue weighted by Gasteiger charge is 2.08. The number of carbonyl (C=O) groups excluding carboxylic acids is 1. The fourth-order valence-corrected chi connectivity index (χ4v) is 2.05. The molecule has 1 amide bonds. The molecule has 0 aliphatic rings. The Bertz CT molecular complexity index is 383. The molecule has 3 N–H and O–H groups in total. The van der Waals surface area contributed by atoms with Crippen molar-refractivity contribution < 1.29 is 4.79 Å². The molecule has 1 rings (SSSR count). The number of halogens is 1. The first-order valence-corrected chi connectivity index (χ1v) is 6.44. The first kappa shape index (κ1) is 16.3. The van der Waals surface area contributed by atoms with Crippen LogP contribution in [0.4, 0.5) is 0 Å². The zero-order valence-corrected chi connectivity index (χ0v) is 12.0. The monoisotopic (exact) mass is 274 g/mol. The van der Waals surface area contributed by atoms with Crippen LogP contribution in [0.25, 0.3) is 0 Å². The maximum atomic E-state index is 11.3. The van der Waals surface area contributed by atoms with Crippen molar-refractivity contribution >= 4 is 30.1 Å². The van der Waals surface area contributed by atoms with Crippen LogP contribution in [0, 0.1) is 6.92 Å². The summed E-state index contributed by atoms with van der Waals surface area (Å²) in [5.41, 5.74) is 7.84. The third-order valence-electron chi connectivity index (χ3n) is 2.31. The third kappa shape index (κ3) is 4.98. The molecule has 17 heavy (non-hydrogen) atoms. The summed E-state index contributed by atoms with van der Waals surface area (Å²) in [6.45, 7) is 4.28. The third-order valence-corrected chi connectivity index (χ3v) is 3.13. The van der Waals surface area contributed by atoms with E-state index in [1.807, 2.05) is 18.4 Å². The molecule has 3 nitrogen and oxygen atoms in total. The number of carbonyl (C=O) groups is 1. The highest BCUT2D eigenvalue weighted by Crippen LogP contribution is 2.21. The molecular weight excluding hydrogens is 256 g/mol. The van der Waals surface area contributed by atoms with E-state index in [-0.39, 0.29) is 18.3 Å². The van der Waals surface area contributed by atoms with Gasteiger partial charge in [-0.3, -0.25) is 4.79 Å². The zero-order valence-electron chi connectivity index (χ0n) is 10.3. The Labute approximate surface area is 113 Å². The van der Waals surface area contributed by atoms with Crippen LogP contribution in [0.2, 0.25) is 0 Å². The number of hydrogen-bond donors (Lipinski definition) is 2.